The second-order valence-corrected chi connectivity index (χ2v) is 8.23. The lowest BCUT2D eigenvalue weighted by Gasteiger charge is -2.35. The molecular weight excluding hydrogens is 402 g/mol. The second-order valence-electron chi connectivity index (χ2n) is 8.23. The lowest BCUT2D eigenvalue weighted by molar-refractivity contribution is -0.154. The summed E-state index contributed by atoms with van der Waals surface area (Å²) >= 11 is 0. The van der Waals surface area contributed by atoms with Crippen LogP contribution in [0.5, 0.6) is 0 Å². The third-order valence-electron chi connectivity index (χ3n) is 6.03. The summed E-state index contributed by atoms with van der Waals surface area (Å²) in [5.41, 5.74) is 4.71. The van der Waals surface area contributed by atoms with Crippen LogP contribution in [0.4, 0.5) is 10.5 Å². The van der Waals surface area contributed by atoms with Crippen LogP contribution in [0, 0.1) is 0 Å². The molecule has 1 amide bonds. The summed E-state index contributed by atoms with van der Waals surface area (Å²) in [6.45, 7) is 1.22. The Labute approximate surface area is 187 Å². The average Bonchev–Trinajstić information content (AvgIpc) is 3.26. The van der Waals surface area contributed by atoms with Crippen molar-refractivity contribution in [1.82, 2.24) is 5.06 Å². The van der Waals surface area contributed by atoms with Gasteiger partial charge >= 0.3 is 6.09 Å². The minimum Gasteiger partial charge on any atom is -0.388 e. The van der Waals surface area contributed by atoms with Gasteiger partial charge in [0.1, 0.15) is 5.60 Å². The van der Waals surface area contributed by atoms with Gasteiger partial charge in [-0.05, 0) is 28.8 Å². The van der Waals surface area contributed by atoms with E-state index < -0.39 is 6.09 Å². The minimum absolute atomic E-state index is 0.297. The number of nitrogens with one attached hydrogen (secondary N) is 1. The van der Waals surface area contributed by atoms with E-state index in [-0.39, 0.29) is 5.60 Å². The Morgan fingerprint density at radius 2 is 1.44 bits per heavy atom. The Morgan fingerprint density at radius 1 is 0.844 bits per heavy atom. The molecule has 2 aliphatic heterocycles. The fraction of sp³-hybridized carbons (Fsp3) is 0.231. The molecular formula is C26H25N3O3. The van der Waals surface area contributed by atoms with E-state index in [4.69, 9.17) is 9.68 Å². The minimum atomic E-state index is -0.484. The van der Waals surface area contributed by atoms with Gasteiger partial charge in [0.25, 0.3) is 0 Å². The maximum atomic E-state index is 12.4. The molecule has 3 aromatic carbocycles. The number of anilines is 1. The van der Waals surface area contributed by atoms with E-state index in [9.17, 15) is 4.79 Å². The third kappa shape index (κ3) is 4.50. The fourth-order valence-corrected chi connectivity index (χ4v) is 4.19. The van der Waals surface area contributed by atoms with Gasteiger partial charge in [0.05, 0.1) is 5.71 Å². The molecule has 1 N–H and O–H groups in total. The smallest absolute Gasteiger partial charge is 0.388 e. The van der Waals surface area contributed by atoms with Crippen LogP contribution in [0.2, 0.25) is 0 Å². The van der Waals surface area contributed by atoms with E-state index in [0.29, 0.717) is 18.8 Å². The molecule has 1 fully saturated rings. The Kier molecular flexibility index (Phi) is 5.60. The summed E-state index contributed by atoms with van der Waals surface area (Å²) in [7, 11) is 0. The highest BCUT2D eigenvalue weighted by Gasteiger charge is 2.43. The summed E-state index contributed by atoms with van der Waals surface area (Å²) in [6.07, 6.45) is 1.81. The molecule has 1 saturated heterocycles. The summed E-state index contributed by atoms with van der Waals surface area (Å²) in [6, 6.07) is 28.0. The largest absolute Gasteiger partial charge is 0.430 e. The van der Waals surface area contributed by atoms with Gasteiger partial charge in [-0.3, -0.25) is 5.32 Å². The monoisotopic (exact) mass is 427 g/mol. The van der Waals surface area contributed by atoms with E-state index >= 15 is 0 Å². The average molecular weight is 428 g/mol. The first-order valence-electron chi connectivity index (χ1n) is 10.9. The predicted octanol–water partition coefficient (Wildman–Crippen LogP) is 5.48. The van der Waals surface area contributed by atoms with Crippen molar-refractivity contribution in [1.29, 1.82) is 0 Å². The summed E-state index contributed by atoms with van der Waals surface area (Å²) in [5.74, 6) is 0. The topological polar surface area (TPSA) is 63.2 Å². The summed E-state index contributed by atoms with van der Waals surface area (Å²) in [5, 5.41) is 8.83. The van der Waals surface area contributed by atoms with Gasteiger partial charge in [0.2, 0.25) is 0 Å². The van der Waals surface area contributed by atoms with Crippen molar-refractivity contribution in [2.75, 3.05) is 18.4 Å². The van der Waals surface area contributed by atoms with E-state index in [1.54, 1.807) is 5.06 Å². The highest BCUT2D eigenvalue weighted by atomic mass is 16.7. The molecule has 0 saturated carbocycles. The summed E-state index contributed by atoms with van der Waals surface area (Å²) < 4.78 is 0. The van der Waals surface area contributed by atoms with Crippen molar-refractivity contribution in [3.63, 3.8) is 0 Å². The van der Waals surface area contributed by atoms with Gasteiger partial charge in [-0.25, -0.2) is 4.79 Å². The standard InChI is InChI=1S/C26H25N3O3/c30-25(27-23-13-11-21(12-14-23)20-7-3-1-4-8-20)31-29-17-15-26(16-18-29)19-24(28-32-26)22-9-5-2-6-10-22/h1-14H,15-19H2,(H,27,30). The molecule has 0 bridgehead atoms. The Bertz CT molecular complexity index is 1090. The zero-order valence-electron chi connectivity index (χ0n) is 17.7. The summed E-state index contributed by atoms with van der Waals surface area (Å²) in [4.78, 5) is 23.7. The molecule has 6 nitrogen and oxygen atoms in total. The van der Waals surface area contributed by atoms with Crippen LogP contribution in [-0.2, 0) is 9.68 Å². The fourth-order valence-electron chi connectivity index (χ4n) is 4.19. The molecule has 2 heterocycles. The Morgan fingerprint density at radius 3 is 2.09 bits per heavy atom. The maximum Gasteiger partial charge on any atom is 0.430 e. The Balaban J connectivity index is 1.11. The van der Waals surface area contributed by atoms with Crippen molar-refractivity contribution < 1.29 is 14.5 Å². The number of hydroxylamine groups is 2. The van der Waals surface area contributed by atoms with Crippen LogP contribution in [0.1, 0.15) is 24.8 Å². The number of carbonyl (C=O) groups excluding carboxylic acids is 1. The number of amides is 1. The normalized spacial score (nSPS) is 17.4. The lowest BCUT2D eigenvalue weighted by Crippen LogP contribution is -2.45. The number of piperidine rings is 1. The predicted molar refractivity (Wildman–Crippen MR) is 124 cm³/mol. The quantitative estimate of drug-likeness (QED) is 0.599. The van der Waals surface area contributed by atoms with Crippen LogP contribution < -0.4 is 5.32 Å². The molecule has 6 heteroatoms. The van der Waals surface area contributed by atoms with Gasteiger partial charge in [0.15, 0.2) is 0 Å². The van der Waals surface area contributed by atoms with Gasteiger partial charge < -0.3 is 9.68 Å². The molecule has 1 spiro atoms. The molecule has 0 atom stereocenters. The molecule has 0 radical (unpaired) electrons. The van der Waals surface area contributed by atoms with Crippen molar-refractivity contribution in [3.05, 3.63) is 90.5 Å². The molecule has 0 aromatic heterocycles. The molecule has 0 unspecified atom stereocenters. The van der Waals surface area contributed by atoms with Gasteiger partial charge in [0, 0.05) is 38.0 Å². The number of hydrogen-bond donors (Lipinski definition) is 1. The van der Waals surface area contributed by atoms with E-state index in [1.807, 2.05) is 60.7 Å². The van der Waals surface area contributed by atoms with Crippen molar-refractivity contribution in [2.24, 2.45) is 5.16 Å². The zero-order valence-corrected chi connectivity index (χ0v) is 17.7. The maximum absolute atomic E-state index is 12.4. The molecule has 3 aromatic rings. The zero-order chi connectivity index (χ0) is 21.8. The Hall–Kier alpha value is -3.64. The molecule has 5 rings (SSSR count). The number of nitrogens with zero attached hydrogens (tertiary/aromatic N) is 2. The number of carbonyl (C=O) groups is 1. The molecule has 162 valence electrons. The highest BCUT2D eigenvalue weighted by Crippen LogP contribution is 2.36. The molecule has 0 aliphatic carbocycles. The first-order chi connectivity index (χ1) is 15.7. The van der Waals surface area contributed by atoms with E-state index in [2.05, 4.69) is 34.7 Å². The van der Waals surface area contributed by atoms with Gasteiger partial charge in [-0.2, -0.15) is 0 Å². The van der Waals surface area contributed by atoms with Crippen molar-refractivity contribution in [3.8, 4) is 11.1 Å². The lowest BCUT2D eigenvalue weighted by atomic mass is 9.86. The van der Waals surface area contributed by atoms with Gasteiger partial charge in [-0.1, -0.05) is 78.0 Å². The van der Waals surface area contributed by atoms with E-state index in [0.717, 1.165) is 41.7 Å². The highest BCUT2D eigenvalue weighted by molar-refractivity contribution is 6.01. The van der Waals surface area contributed by atoms with Crippen LogP contribution in [-0.4, -0.2) is 35.6 Å². The van der Waals surface area contributed by atoms with Crippen molar-refractivity contribution >= 4 is 17.5 Å². The molecule has 32 heavy (non-hydrogen) atoms. The van der Waals surface area contributed by atoms with Crippen LogP contribution in [0.25, 0.3) is 11.1 Å². The number of hydrogen-bond acceptors (Lipinski definition) is 5. The van der Waals surface area contributed by atoms with E-state index in [1.165, 1.54) is 0 Å². The SMILES string of the molecule is O=C(Nc1ccc(-c2ccccc2)cc1)ON1CCC2(CC1)CC(c1ccccc1)=NO2. The van der Waals surface area contributed by atoms with Crippen LogP contribution >= 0.6 is 0 Å². The second kappa shape index (κ2) is 8.85. The number of rotatable bonds is 4. The third-order valence-corrected chi connectivity index (χ3v) is 6.03. The van der Waals surface area contributed by atoms with Crippen molar-refractivity contribution in [2.45, 2.75) is 24.9 Å². The number of benzene rings is 3. The van der Waals surface area contributed by atoms with Crippen LogP contribution in [0.15, 0.2) is 90.1 Å². The molecule has 2 aliphatic rings. The number of oxime groups is 1. The first kappa shape index (κ1) is 20.3. The first-order valence-corrected chi connectivity index (χ1v) is 10.9. The van der Waals surface area contributed by atoms with Gasteiger partial charge in [-0.15, -0.1) is 5.06 Å². The van der Waals surface area contributed by atoms with Crippen LogP contribution in [0.3, 0.4) is 0 Å².